The zero-order valence-electron chi connectivity index (χ0n) is 11.8. The van der Waals surface area contributed by atoms with Gasteiger partial charge < -0.3 is 15.2 Å². The van der Waals surface area contributed by atoms with Crippen molar-refractivity contribution < 1.29 is 0 Å². The fourth-order valence-electron chi connectivity index (χ4n) is 2.33. The molecule has 0 bridgehead atoms. The Morgan fingerprint density at radius 2 is 2.26 bits per heavy atom. The maximum atomic E-state index is 4.25. The molecule has 1 aromatic heterocycles. The van der Waals surface area contributed by atoms with Gasteiger partial charge in [0.25, 0.3) is 0 Å². The van der Waals surface area contributed by atoms with Gasteiger partial charge in [-0.15, -0.1) is 24.8 Å². The molecule has 1 aliphatic heterocycles. The Kier molecular flexibility index (Phi) is 9.44. The first-order chi connectivity index (χ1) is 8.25. The third-order valence-electron chi connectivity index (χ3n) is 3.23. The molecule has 2 rings (SSSR count). The molecule has 0 saturated carbocycles. The van der Waals surface area contributed by atoms with Crippen LogP contribution in [0.15, 0.2) is 12.5 Å². The normalized spacial score (nSPS) is 18.8. The van der Waals surface area contributed by atoms with Crippen molar-refractivity contribution in [3.8, 4) is 0 Å². The number of imidazole rings is 1. The van der Waals surface area contributed by atoms with Crippen LogP contribution in [0, 0.1) is 5.92 Å². The smallest absolute Gasteiger partial charge is 0.0948 e. The maximum Gasteiger partial charge on any atom is 0.0948 e. The van der Waals surface area contributed by atoms with Gasteiger partial charge in [0, 0.05) is 31.9 Å². The predicted octanol–water partition coefficient (Wildman–Crippen LogP) is 2.22. The Morgan fingerprint density at radius 1 is 1.47 bits per heavy atom. The molecule has 2 N–H and O–H groups in total. The first kappa shape index (κ1) is 18.7. The molecule has 0 amide bonds. The fourth-order valence-corrected chi connectivity index (χ4v) is 2.33. The Hall–Kier alpha value is -0.290. The summed E-state index contributed by atoms with van der Waals surface area (Å²) in [5.74, 6) is 0.666. The lowest BCUT2D eigenvalue weighted by molar-refractivity contribution is 0.382. The summed E-state index contributed by atoms with van der Waals surface area (Å²) in [5, 5.41) is 7.04. The van der Waals surface area contributed by atoms with Gasteiger partial charge in [0.05, 0.1) is 12.0 Å². The minimum atomic E-state index is 0. The van der Waals surface area contributed by atoms with Gasteiger partial charge in [-0.3, -0.25) is 0 Å². The molecule has 1 unspecified atom stereocenters. The van der Waals surface area contributed by atoms with Gasteiger partial charge in [-0.05, 0) is 25.3 Å². The number of rotatable bonds is 5. The Morgan fingerprint density at radius 3 is 2.89 bits per heavy atom. The predicted molar refractivity (Wildman–Crippen MR) is 84.3 cm³/mol. The minimum absolute atomic E-state index is 0. The van der Waals surface area contributed by atoms with Gasteiger partial charge in [-0.1, -0.05) is 13.8 Å². The van der Waals surface area contributed by atoms with Crippen LogP contribution in [0.5, 0.6) is 0 Å². The van der Waals surface area contributed by atoms with Crippen LogP contribution in [0.25, 0.3) is 0 Å². The molecule has 0 spiro atoms. The second-order valence-corrected chi connectivity index (χ2v) is 5.36. The van der Waals surface area contributed by atoms with Crippen molar-refractivity contribution in [3.05, 3.63) is 18.2 Å². The van der Waals surface area contributed by atoms with Crippen molar-refractivity contribution in [1.82, 2.24) is 20.2 Å². The molecule has 1 saturated heterocycles. The molecule has 1 aliphatic rings. The molecule has 112 valence electrons. The highest BCUT2D eigenvalue weighted by atomic mass is 35.5. The van der Waals surface area contributed by atoms with Crippen molar-refractivity contribution in [1.29, 1.82) is 0 Å². The van der Waals surface area contributed by atoms with E-state index in [2.05, 4.69) is 34.0 Å². The van der Waals surface area contributed by atoms with E-state index in [-0.39, 0.29) is 24.8 Å². The van der Waals surface area contributed by atoms with Crippen LogP contribution in [-0.4, -0.2) is 28.7 Å². The third-order valence-corrected chi connectivity index (χ3v) is 3.23. The molecular formula is C13H26Cl2N4. The van der Waals surface area contributed by atoms with Gasteiger partial charge in [-0.2, -0.15) is 0 Å². The lowest BCUT2D eigenvalue weighted by atomic mass is 10.1. The zero-order valence-corrected chi connectivity index (χ0v) is 13.4. The lowest BCUT2D eigenvalue weighted by Crippen LogP contribution is -2.42. The minimum Gasteiger partial charge on any atom is -0.333 e. The SMILES string of the molecule is CC(C)Cn1cncc1CNC1CCCNC1.Cl.Cl. The van der Waals surface area contributed by atoms with E-state index in [0.717, 1.165) is 19.6 Å². The van der Waals surface area contributed by atoms with Gasteiger partial charge in [0.2, 0.25) is 0 Å². The van der Waals surface area contributed by atoms with Crippen molar-refractivity contribution in [2.75, 3.05) is 13.1 Å². The standard InChI is InChI=1S/C13H24N4.2ClH/c1-11(2)9-17-10-15-7-13(17)8-16-12-4-3-5-14-6-12;;/h7,10-12,14,16H,3-6,8-9H2,1-2H3;2*1H. The number of hydrogen-bond donors (Lipinski definition) is 2. The summed E-state index contributed by atoms with van der Waals surface area (Å²) in [6.45, 7) is 8.73. The summed E-state index contributed by atoms with van der Waals surface area (Å²) in [5.41, 5.74) is 1.30. The Balaban J connectivity index is 0.00000162. The zero-order chi connectivity index (χ0) is 12.1. The Bertz CT molecular complexity index is 335. The van der Waals surface area contributed by atoms with Crippen LogP contribution in [-0.2, 0) is 13.1 Å². The summed E-state index contributed by atoms with van der Waals surface area (Å²) in [7, 11) is 0. The number of nitrogens with one attached hydrogen (secondary N) is 2. The van der Waals surface area contributed by atoms with Crippen LogP contribution in [0.1, 0.15) is 32.4 Å². The number of aromatic nitrogens is 2. The molecule has 1 atom stereocenters. The molecule has 1 fully saturated rings. The van der Waals surface area contributed by atoms with Crippen molar-refractivity contribution >= 4 is 24.8 Å². The summed E-state index contributed by atoms with van der Waals surface area (Å²) in [4.78, 5) is 4.25. The highest BCUT2D eigenvalue weighted by Crippen LogP contribution is 2.06. The van der Waals surface area contributed by atoms with Gasteiger partial charge >= 0.3 is 0 Å². The molecule has 0 aromatic carbocycles. The number of nitrogens with zero attached hydrogens (tertiary/aromatic N) is 2. The Labute approximate surface area is 128 Å². The van der Waals surface area contributed by atoms with Gasteiger partial charge in [-0.25, -0.2) is 4.98 Å². The van der Waals surface area contributed by atoms with Crippen LogP contribution in [0.4, 0.5) is 0 Å². The number of hydrogen-bond acceptors (Lipinski definition) is 3. The van der Waals surface area contributed by atoms with Gasteiger partial charge in [0.1, 0.15) is 0 Å². The van der Waals surface area contributed by atoms with E-state index in [4.69, 9.17) is 0 Å². The molecule has 0 radical (unpaired) electrons. The monoisotopic (exact) mass is 308 g/mol. The van der Waals surface area contributed by atoms with E-state index in [9.17, 15) is 0 Å². The molecular weight excluding hydrogens is 283 g/mol. The van der Waals surface area contributed by atoms with Crippen molar-refractivity contribution in [2.24, 2.45) is 5.92 Å². The average Bonchev–Trinajstić information content (AvgIpc) is 2.74. The first-order valence-corrected chi connectivity index (χ1v) is 6.69. The molecule has 4 nitrogen and oxygen atoms in total. The second-order valence-electron chi connectivity index (χ2n) is 5.36. The molecule has 0 aliphatic carbocycles. The molecule has 1 aromatic rings. The quantitative estimate of drug-likeness (QED) is 0.876. The van der Waals surface area contributed by atoms with Gasteiger partial charge in [0.15, 0.2) is 0 Å². The van der Waals surface area contributed by atoms with E-state index in [0.29, 0.717) is 12.0 Å². The topological polar surface area (TPSA) is 41.9 Å². The van der Waals surface area contributed by atoms with Crippen LogP contribution in [0.2, 0.25) is 0 Å². The van der Waals surface area contributed by atoms with E-state index >= 15 is 0 Å². The molecule has 19 heavy (non-hydrogen) atoms. The largest absolute Gasteiger partial charge is 0.333 e. The lowest BCUT2D eigenvalue weighted by Gasteiger charge is -2.24. The van der Waals surface area contributed by atoms with E-state index in [1.54, 1.807) is 0 Å². The van der Waals surface area contributed by atoms with E-state index in [1.165, 1.54) is 25.1 Å². The highest BCUT2D eigenvalue weighted by molar-refractivity contribution is 5.85. The van der Waals surface area contributed by atoms with Crippen LogP contribution in [0.3, 0.4) is 0 Å². The number of halogens is 2. The average molecular weight is 309 g/mol. The summed E-state index contributed by atoms with van der Waals surface area (Å²) in [6, 6.07) is 0.617. The summed E-state index contributed by atoms with van der Waals surface area (Å²) < 4.78 is 2.26. The second kappa shape index (κ2) is 9.59. The summed E-state index contributed by atoms with van der Waals surface area (Å²) in [6.07, 6.45) is 6.48. The van der Waals surface area contributed by atoms with Crippen LogP contribution < -0.4 is 10.6 Å². The summed E-state index contributed by atoms with van der Waals surface area (Å²) >= 11 is 0. The van der Waals surface area contributed by atoms with E-state index in [1.807, 2.05) is 12.5 Å². The first-order valence-electron chi connectivity index (χ1n) is 6.69. The van der Waals surface area contributed by atoms with Crippen LogP contribution >= 0.6 is 24.8 Å². The molecule has 6 heteroatoms. The van der Waals surface area contributed by atoms with Crippen molar-refractivity contribution in [3.63, 3.8) is 0 Å². The third kappa shape index (κ3) is 6.13. The van der Waals surface area contributed by atoms with Crippen molar-refractivity contribution in [2.45, 2.75) is 45.8 Å². The van der Waals surface area contributed by atoms with E-state index < -0.39 is 0 Å². The highest BCUT2D eigenvalue weighted by Gasteiger charge is 2.12. The fraction of sp³-hybridized carbons (Fsp3) is 0.769. The maximum absolute atomic E-state index is 4.25. The number of piperidine rings is 1. The molecule has 2 heterocycles.